The number of benzene rings is 2. The summed E-state index contributed by atoms with van der Waals surface area (Å²) in [4.78, 5) is 31.3. The molecule has 2 aromatic carbocycles. The van der Waals surface area contributed by atoms with E-state index in [-0.39, 0.29) is 77.6 Å². The van der Waals surface area contributed by atoms with Crippen LogP contribution in [0.4, 0.5) is 11.4 Å². The van der Waals surface area contributed by atoms with Gasteiger partial charge in [-0.2, -0.15) is 16.8 Å². The Labute approximate surface area is 397 Å². The first-order chi connectivity index (χ1) is 29.8. The second kappa shape index (κ2) is 23.4. The number of rotatable bonds is 23. The summed E-state index contributed by atoms with van der Waals surface area (Å²) in [6, 6.07) is 12.7. The van der Waals surface area contributed by atoms with E-state index in [0.717, 1.165) is 62.9 Å². The summed E-state index contributed by atoms with van der Waals surface area (Å²) < 4.78 is 82.1. The van der Waals surface area contributed by atoms with Crippen LogP contribution in [0.25, 0.3) is 45.1 Å². The quantitative estimate of drug-likeness (QED) is 0.0106. The van der Waals surface area contributed by atoms with E-state index in [2.05, 4.69) is 18.7 Å². The molecule has 3 N–H and O–H groups in total. The van der Waals surface area contributed by atoms with Crippen LogP contribution in [-0.4, -0.2) is 98.3 Å². The van der Waals surface area contributed by atoms with Crippen LogP contribution in [0.15, 0.2) is 77.5 Å². The average molecular weight is 934 g/mol. The molecule has 14 nitrogen and oxygen atoms in total. The number of allylic oxidation sites excluding steroid dienone is 2. The standard InChI is InChI=1S/C47H60N2O12S2.Na.H/c1-6-8-10-14-24-48(25-15-11-9-7-2)35-21-23-37-40(32-35)60-46(52)42-43(50)38(45(51)61-44(37)42)19-13-12-18-33-30-41(47(3,4)5)59-39-31-34(20-22-36(33)39)49(26-16-28-62(53,54)55)27-17-29-63(56,57)58;;/h12-13,18-23,30-32H,6-11,14-17,24-29H2,1-5H3,(H2-,50,51,52,53,54,55,56,57,58);;/p+1. The fourth-order valence-electron chi connectivity index (χ4n) is 7.48. The molecule has 0 aliphatic carbocycles. The first-order valence-corrected chi connectivity index (χ1v) is 24.9. The molecule has 0 saturated heterocycles. The molecule has 0 radical (unpaired) electrons. The zero-order valence-electron chi connectivity index (χ0n) is 36.9. The Morgan fingerprint density at radius 1 is 0.688 bits per heavy atom. The fourth-order valence-corrected chi connectivity index (χ4v) is 8.47. The van der Waals surface area contributed by atoms with Gasteiger partial charge in [0.05, 0.1) is 33.8 Å². The van der Waals surface area contributed by atoms with E-state index in [1.54, 1.807) is 47.4 Å². The molecule has 5 rings (SSSR count). The van der Waals surface area contributed by atoms with Gasteiger partial charge in [-0.1, -0.05) is 70.6 Å². The van der Waals surface area contributed by atoms with E-state index in [9.17, 15) is 40.6 Å². The number of aromatic hydroxyl groups is 1. The van der Waals surface area contributed by atoms with Crippen molar-refractivity contribution in [1.29, 1.82) is 0 Å². The molecule has 0 saturated carbocycles. The van der Waals surface area contributed by atoms with Crippen molar-refractivity contribution < 1.29 is 44.3 Å². The number of unbranched alkanes of at least 4 members (excludes halogenated alkanes) is 6. The Morgan fingerprint density at radius 2 is 1.22 bits per heavy atom. The molecular weight excluding hydrogens is 872 g/mol. The van der Waals surface area contributed by atoms with Gasteiger partial charge in [0, 0.05) is 55.2 Å². The molecule has 0 fully saturated rings. The first-order valence-electron chi connectivity index (χ1n) is 21.7. The molecule has 17 heteroatoms. The van der Waals surface area contributed by atoms with Crippen molar-refractivity contribution in [2.24, 2.45) is 0 Å². The Bertz CT molecular complexity index is 2740. The van der Waals surface area contributed by atoms with E-state index in [1.165, 1.54) is 25.0 Å². The van der Waals surface area contributed by atoms with Gasteiger partial charge in [-0.25, -0.2) is 9.21 Å². The molecule has 344 valence electrons. The van der Waals surface area contributed by atoms with Crippen LogP contribution in [0.3, 0.4) is 0 Å². The molecule has 5 aromatic rings. The third kappa shape index (κ3) is 14.7. The maximum atomic E-state index is 13.8. The van der Waals surface area contributed by atoms with Crippen molar-refractivity contribution in [2.45, 2.75) is 104 Å². The third-order valence-corrected chi connectivity index (χ3v) is 12.5. The Hall–Kier alpha value is -4.03. The number of hydrogen-bond acceptors (Lipinski definition) is 11. The maximum absolute atomic E-state index is 13.8. The van der Waals surface area contributed by atoms with Crippen molar-refractivity contribution in [1.82, 2.24) is 0 Å². The molecule has 0 atom stereocenters. The predicted octanol–water partition coefficient (Wildman–Crippen LogP) is 9.34. The van der Waals surface area contributed by atoms with Gasteiger partial charge in [-0.05, 0) is 76.8 Å². The van der Waals surface area contributed by atoms with Gasteiger partial charge < -0.3 is 23.7 Å². The molecule has 0 amide bonds. The van der Waals surface area contributed by atoms with E-state index in [4.69, 9.17) is 13.3 Å². The normalized spacial score (nSPS) is 12.5. The van der Waals surface area contributed by atoms with Gasteiger partial charge in [0.2, 0.25) is 5.43 Å². The Kier molecular flexibility index (Phi) is 19.3. The van der Waals surface area contributed by atoms with E-state index >= 15 is 0 Å². The van der Waals surface area contributed by atoms with Gasteiger partial charge >= 0.3 is 46.5 Å². The topological polar surface area (TPSA) is 207 Å². The van der Waals surface area contributed by atoms with Gasteiger partial charge in [-0.15, -0.1) is 0 Å². The molecule has 3 aromatic heterocycles. The molecule has 64 heavy (non-hydrogen) atoms. The Balaban J connectivity index is 0.00000898. The first kappa shape index (κ1) is 52.6. The molecule has 0 unspecified atom stereocenters. The van der Waals surface area contributed by atoms with Crippen LogP contribution in [0.2, 0.25) is 0 Å². The molecular formula is C47H62N2NaO12S2+. The second-order valence-corrected chi connectivity index (χ2v) is 20.2. The minimum absolute atomic E-state index is 0. The van der Waals surface area contributed by atoms with Crippen LogP contribution >= 0.6 is 0 Å². The van der Waals surface area contributed by atoms with E-state index < -0.39 is 54.2 Å². The summed E-state index contributed by atoms with van der Waals surface area (Å²) in [6.45, 7) is 12.4. The molecule has 0 aliphatic heterocycles. The fraction of sp³-hybridized carbons (Fsp3) is 0.468. The van der Waals surface area contributed by atoms with E-state index in [0.29, 0.717) is 27.8 Å². The molecule has 3 heterocycles. The minimum atomic E-state index is -4.22. The van der Waals surface area contributed by atoms with Crippen LogP contribution in [0.1, 0.15) is 116 Å². The van der Waals surface area contributed by atoms with Crippen LogP contribution in [-0.2, 0) is 25.7 Å². The molecule has 0 spiro atoms. The summed E-state index contributed by atoms with van der Waals surface area (Å²) in [6.07, 6.45) is 15.4. The number of anilines is 2. The average Bonchev–Trinajstić information content (AvgIpc) is 3.20. The number of hydrogen-bond donors (Lipinski definition) is 3. The molecule has 0 aliphatic rings. The van der Waals surface area contributed by atoms with Crippen molar-refractivity contribution >= 4 is 106 Å². The van der Waals surface area contributed by atoms with Gasteiger partial charge in [0.25, 0.3) is 26.2 Å². The number of nitrogens with zero attached hydrogens (tertiary/aromatic N) is 2. The third-order valence-electron chi connectivity index (χ3n) is 10.9. The SMILES string of the molecule is CCCCCCN(CCCCCC)c1ccc2c(c1)oc(=O)c1c(=O)c(/C=C/C=C/c3cc(C(C)(C)C)[o+]c4cc(N(CCCS(=O)(=O)O)CCCS(=O)(=O)O)ccc34)c(O)oc12.[NaH]. The summed E-state index contributed by atoms with van der Waals surface area (Å²) >= 11 is 0. The van der Waals surface area contributed by atoms with Crippen LogP contribution in [0.5, 0.6) is 5.95 Å². The second-order valence-electron chi connectivity index (χ2n) is 17.0. The van der Waals surface area contributed by atoms with Gasteiger partial charge in [-0.3, -0.25) is 13.9 Å². The Morgan fingerprint density at radius 3 is 1.77 bits per heavy atom. The predicted molar refractivity (Wildman–Crippen MR) is 260 cm³/mol. The summed E-state index contributed by atoms with van der Waals surface area (Å²) in [7, 11) is -8.45. The zero-order valence-corrected chi connectivity index (χ0v) is 38.5. The van der Waals surface area contributed by atoms with Gasteiger partial charge in [0.15, 0.2) is 11.0 Å². The summed E-state index contributed by atoms with van der Waals surface area (Å²) in [5, 5.41) is 11.8. The van der Waals surface area contributed by atoms with Crippen molar-refractivity contribution in [3.63, 3.8) is 0 Å². The van der Waals surface area contributed by atoms with Crippen LogP contribution < -0.4 is 20.9 Å². The monoisotopic (exact) mass is 933 g/mol. The summed E-state index contributed by atoms with van der Waals surface area (Å²) in [5.41, 5.74) is 0.676. The van der Waals surface area contributed by atoms with Crippen molar-refractivity contribution in [3.05, 3.63) is 92.1 Å². The summed E-state index contributed by atoms with van der Waals surface area (Å²) in [5.74, 6) is -0.993. The van der Waals surface area contributed by atoms with Gasteiger partial charge in [0.1, 0.15) is 11.1 Å². The van der Waals surface area contributed by atoms with Crippen molar-refractivity contribution in [3.8, 4) is 5.95 Å². The molecule has 0 bridgehead atoms. The number of fused-ring (bicyclic) bond motifs is 4. The van der Waals surface area contributed by atoms with E-state index in [1.807, 2.05) is 32.9 Å². The zero-order chi connectivity index (χ0) is 46.0. The van der Waals surface area contributed by atoms with Crippen LogP contribution in [0, 0.1) is 0 Å². The van der Waals surface area contributed by atoms with Crippen molar-refractivity contribution in [2.75, 3.05) is 47.5 Å².